The Hall–Kier alpha value is -2.33. The van der Waals surface area contributed by atoms with E-state index in [0.29, 0.717) is 6.54 Å². The van der Waals surface area contributed by atoms with Crippen LogP contribution in [0.2, 0.25) is 0 Å². The Labute approximate surface area is 168 Å². The number of likely N-dealkylation sites (N-methyl/N-ethyl adjacent to an activating group) is 1. The summed E-state index contributed by atoms with van der Waals surface area (Å²) >= 11 is 0. The number of anilines is 1. The summed E-state index contributed by atoms with van der Waals surface area (Å²) in [4.78, 5) is 17.6. The highest BCUT2D eigenvalue weighted by molar-refractivity contribution is 5.94. The lowest BCUT2D eigenvalue weighted by Crippen LogP contribution is -2.40. The summed E-state index contributed by atoms with van der Waals surface area (Å²) in [5, 5.41) is 3.21. The van der Waals surface area contributed by atoms with Crippen molar-refractivity contribution in [1.29, 1.82) is 0 Å². The van der Waals surface area contributed by atoms with Gasteiger partial charge in [0.25, 0.3) is 5.91 Å². The molecule has 0 saturated carbocycles. The number of rotatable bonds is 5. The van der Waals surface area contributed by atoms with Gasteiger partial charge in [-0.1, -0.05) is 36.2 Å². The van der Waals surface area contributed by atoms with Crippen molar-refractivity contribution in [2.75, 3.05) is 38.1 Å². The van der Waals surface area contributed by atoms with Crippen LogP contribution >= 0.6 is 0 Å². The maximum absolute atomic E-state index is 12.7. The highest BCUT2D eigenvalue weighted by Gasteiger charge is 2.25. The lowest BCUT2D eigenvalue weighted by atomic mass is 9.98. The second-order valence-electron chi connectivity index (χ2n) is 8.25. The van der Waals surface area contributed by atoms with E-state index in [1.54, 1.807) is 0 Å². The maximum atomic E-state index is 12.7. The van der Waals surface area contributed by atoms with E-state index in [1.807, 2.05) is 31.2 Å². The molecular weight excluding hydrogens is 346 g/mol. The Kier molecular flexibility index (Phi) is 5.67. The van der Waals surface area contributed by atoms with Gasteiger partial charge in [0.1, 0.15) is 0 Å². The summed E-state index contributed by atoms with van der Waals surface area (Å²) in [7, 11) is 2.16. The van der Waals surface area contributed by atoms with Crippen LogP contribution in [0, 0.1) is 6.92 Å². The standard InChI is InChI=1S/C24H31N3O/c1-18-7-6-8-21(15-18)24(28)25-17-23(27-12-4-3-5-13-27)19-9-10-22-20(16-19)11-14-26(22)2/h6-10,15-16,23H,3-5,11-14,17H2,1-2H3,(H,25,28)/t23-/m1/s1. The molecule has 1 N–H and O–H groups in total. The second-order valence-corrected chi connectivity index (χ2v) is 8.25. The number of hydrogen-bond donors (Lipinski definition) is 1. The maximum Gasteiger partial charge on any atom is 0.251 e. The molecule has 1 atom stereocenters. The summed E-state index contributed by atoms with van der Waals surface area (Å²) in [5.41, 5.74) is 5.98. The number of hydrogen-bond acceptors (Lipinski definition) is 3. The smallest absolute Gasteiger partial charge is 0.251 e. The SMILES string of the molecule is Cc1cccc(C(=O)NC[C@H](c2ccc3c(c2)CCN3C)N2CCCCC2)c1. The minimum atomic E-state index is 0.0200. The fourth-order valence-electron chi connectivity index (χ4n) is 4.56. The van der Waals surface area contributed by atoms with Crippen LogP contribution < -0.4 is 10.2 Å². The molecule has 1 amide bonds. The van der Waals surface area contributed by atoms with Gasteiger partial charge in [0.05, 0.1) is 6.04 Å². The van der Waals surface area contributed by atoms with Gasteiger partial charge in [0, 0.05) is 31.4 Å². The topological polar surface area (TPSA) is 35.6 Å². The van der Waals surface area contributed by atoms with E-state index in [0.717, 1.165) is 37.2 Å². The van der Waals surface area contributed by atoms with E-state index in [4.69, 9.17) is 0 Å². The van der Waals surface area contributed by atoms with Crippen LogP contribution in [0.15, 0.2) is 42.5 Å². The zero-order valence-corrected chi connectivity index (χ0v) is 17.1. The zero-order chi connectivity index (χ0) is 19.5. The Bertz CT molecular complexity index is 841. The lowest BCUT2D eigenvalue weighted by Gasteiger charge is -2.35. The van der Waals surface area contributed by atoms with E-state index in [1.165, 1.54) is 36.1 Å². The number of likely N-dealkylation sites (tertiary alicyclic amines) is 1. The molecule has 0 aliphatic carbocycles. The molecule has 2 aromatic carbocycles. The van der Waals surface area contributed by atoms with Gasteiger partial charge in [-0.05, 0) is 68.6 Å². The van der Waals surface area contributed by atoms with Crippen molar-refractivity contribution in [2.24, 2.45) is 0 Å². The van der Waals surface area contributed by atoms with E-state index in [2.05, 4.69) is 40.4 Å². The molecule has 4 heteroatoms. The zero-order valence-electron chi connectivity index (χ0n) is 17.1. The van der Waals surface area contributed by atoms with E-state index in [9.17, 15) is 4.79 Å². The highest BCUT2D eigenvalue weighted by Crippen LogP contribution is 2.32. The average molecular weight is 378 g/mol. The minimum Gasteiger partial charge on any atom is -0.374 e. The van der Waals surface area contributed by atoms with Gasteiger partial charge >= 0.3 is 0 Å². The van der Waals surface area contributed by atoms with Gasteiger partial charge in [0.2, 0.25) is 0 Å². The average Bonchev–Trinajstić information content (AvgIpc) is 3.09. The fraction of sp³-hybridized carbons (Fsp3) is 0.458. The van der Waals surface area contributed by atoms with Crippen LogP contribution in [0.25, 0.3) is 0 Å². The number of nitrogens with zero attached hydrogens (tertiary/aromatic N) is 2. The van der Waals surface area contributed by atoms with Crippen molar-refractivity contribution in [2.45, 2.75) is 38.6 Å². The predicted octanol–water partition coefficient (Wildman–Crippen LogP) is 3.94. The third-order valence-corrected chi connectivity index (χ3v) is 6.18. The number of benzene rings is 2. The van der Waals surface area contributed by atoms with Crippen molar-refractivity contribution in [3.8, 4) is 0 Å². The van der Waals surface area contributed by atoms with Crippen molar-refractivity contribution < 1.29 is 4.79 Å². The molecule has 0 unspecified atom stereocenters. The molecule has 0 spiro atoms. The first-order valence-corrected chi connectivity index (χ1v) is 10.5. The van der Waals surface area contributed by atoms with Crippen LogP contribution in [0.1, 0.15) is 52.4 Å². The fourth-order valence-corrected chi connectivity index (χ4v) is 4.56. The summed E-state index contributed by atoms with van der Waals surface area (Å²) in [6, 6.07) is 15.0. The molecule has 0 aromatic heterocycles. The molecule has 0 radical (unpaired) electrons. The Balaban J connectivity index is 1.53. The predicted molar refractivity (Wildman–Crippen MR) is 115 cm³/mol. The van der Waals surface area contributed by atoms with Gasteiger partial charge in [-0.3, -0.25) is 9.69 Å². The van der Waals surface area contributed by atoms with Crippen molar-refractivity contribution in [1.82, 2.24) is 10.2 Å². The minimum absolute atomic E-state index is 0.0200. The Morgan fingerprint density at radius 2 is 1.89 bits per heavy atom. The third-order valence-electron chi connectivity index (χ3n) is 6.18. The second kappa shape index (κ2) is 8.36. The number of nitrogens with one attached hydrogen (secondary N) is 1. The van der Waals surface area contributed by atoms with Gasteiger partial charge in [-0.25, -0.2) is 0 Å². The van der Waals surface area contributed by atoms with Gasteiger partial charge in [-0.2, -0.15) is 0 Å². The molecule has 2 aromatic rings. The molecular formula is C24H31N3O. The number of amides is 1. The molecule has 2 heterocycles. The number of piperidine rings is 1. The highest BCUT2D eigenvalue weighted by atomic mass is 16.1. The number of carbonyl (C=O) groups excluding carboxylic acids is 1. The molecule has 2 aliphatic rings. The number of carbonyl (C=O) groups is 1. The Morgan fingerprint density at radius 1 is 1.07 bits per heavy atom. The largest absolute Gasteiger partial charge is 0.374 e. The molecule has 4 nitrogen and oxygen atoms in total. The number of aryl methyl sites for hydroxylation is 1. The first kappa shape index (κ1) is 19.0. The molecule has 28 heavy (non-hydrogen) atoms. The van der Waals surface area contributed by atoms with Crippen molar-refractivity contribution in [3.63, 3.8) is 0 Å². The summed E-state index contributed by atoms with van der Waals surface area (Å²) < 4.78 is 0. The van der Waals surface area contributed by atoms with Crippen LogP contribution in [0.4, 0.5) is 5.69 Å². The van der Waals surface area contributed by atoms with Gasteiger partial charge in [0.15, 0.2) is 0 Å². The summed E-state index contributed by atoms with van der Waals surface area (Å²) in [5.74, 6) is 0.0200. The van der Waals surface area contributed by atoms with Crippen LogP contribution in [0.5, 0.6) is 0 Å². The van der Waals surface area contributed by atoms with Crippen molar-refractivity contribution in [3.05, 3.63) is 64.7 Å². The first-order valence-electron chi connectivity index (χ1n) is 10.5. The van der Waals surface area contributed by atoms with Crippen LogP contribution in [-0.4, -0.2) is 44.0 Å². The van der Waals surface area contributed by atoms with E-state index >= 15 is 0 Å². The van der Waals surface area contributed by atoms with Crippen LogP contribution in [0.3, 0.4) is 0 Å². The molecule has 0 bridgehead atoms. The monoisotopic (exact) mass is 377 g/mol. The Morgan fingerprint density at radius 3 is 2.68 bits per heavy atom. The number of fused-ring (bicyclic) bond motifs is 1. The normalized spacial score (nSPS) is 18.0. The molecule has 148 valence electrons. The van der Waals surface area contributed by atoms with Gasteiger partial charge < -0.3 is 10.2 Å². The summed E-state index contributed by atoms with van der Waals surface area (Å²) in [6.45, 7) is 6.00. The molecule has 1 fully saturated rings. The van der Waals surface area contributed by atoms with E-state index in [-0.39, 0.29) is 11.9 Å². The molecule has 2 aliphatic heterocycles. The van der Waals surface area contributed by atoms with Crippen LogP contribution in [-0.2, 0) is 6.42 Å². The van der Waals surface area contributed by atoms with Gasteiger partial charge in [-0.15, -0.1) is 0 Å². The lowest BCUT2D eigenvalue weighted by molar-refractivity contribution is 0.0924. The first-order chi connectivity index (χ1) is 13.6. The molecule has 4 rings (SSSR count). The quantitative estimate of drug-likeness (QED) is 0.857. The molecule has 1 saturated heterocycles. The summed E-state index contributed by atoms with van der Waals surface area (Å²) in [6.07, 6.45) is 4.92. The van der Waals surface area contributed by atoms with Crippen molar-refractivity contribution >= 4 is 11.6 Å². The van der Waals surface area contributed by atoms with E-state index < -0.39 is 0 Å². The third kappa shape index (κ3) is 4.07.